The van der Waals surface area contributed by atoms with Gasteiger partial charge >= 0.3 is 0 Å². The normalized spacial score (nSPS) is 13.5. The average molecular weight is 349 g/mol. The van der Waals surface area contributed by atoms with Gasteiger partial charge < -0.3 is 4.90 Å². The summed E-state index contributed by atoms with van der Waals surface area (Å²) in [6.07, 6.45) is 5.72. The van der Waals surface area contributed by atoms with Crippen LogP contribution in [0.3, 0.4) is 0 Å². The second-order valence-corrected chi connectivity index (χ2v) is 7.08. The molecule has 25 heavy (non-hydrogen) atoms. The Balaban J connectivity index is 1.36. The zero-order valence-corrected chi connectivity index (χ0v) is 14.7. The van der Waals surface area contributed by atoms with Crippen molar-refractivity contribution in [2.24, 2.45) is 0 Å². The summed E-state index contributed by atoms with van der Waals surface area (Å²) in [6, 6.07) is 12.3. The van der Waals surface area contributed by atoms with E-state index in [1.54, 1.807) is 17.5 Å². The van der Waals surface area contributed by atoms with Crippen LogP contribution in [0.5, 0.6) is 0 Å². The van der Waals surface area contributed by atoms with E-state index in [0.717, 1.165) is 35.8 Å². The van der Waals surface area contributed by atoms with E-state index in [2.05, 4.69) is 28.2 Å². The minimum absolute atomic E-state index is 0.213. The number of fused-ring (bicyclic) bond motifs is 1. The summed E-state index contributed by atoms with van der Waals surface area (Å²) in [5.41, 5.74) is 4.65. The zero-order chi connectivity index (χ0) is 17.1. The molecule has 4 rings (SSSR count). The maximum atomic E-state index is 12.5. The lowest BCUT2D eigenvalue weighted by atomic mass is 9.99. The van der Waals surface area contributed by atoms with Gasteiger partial charge in [-0.05, 0) is 36.1 Å². The predicted octanol–water partition coefficient (Wildman–Crippen LogP) is 3.72. The number of benzene rings is 1. The fourth-order valence-corrected chi connectivity index (χ4v) is 3.99. The van der Waals surface area contributed by atoms with Crippen LogP contribution in [0.15, 0.2) is 54.2 Å². The third-order valence-corrected chi connectivity index (χ3v) is 5.48. The molecule has 0 unspecified atom stereocenters. The molecule has 3 heterocycles. The lowest BCUT2D eigenvalue weighted by molar-refractivity contribution is -0.132. The molecule has 1 aromatic carbocycles. The van der Waals surface area contributed by atoms with Gasteiger partial charge in [0.2, 0.25) is 5.91 Å². The van der Waals surface area contributed by atoms with Crippen molar-refractivity contribution in [3.05, 3.63) is 71.0 Å². The number of aromatic nitrogens is 2. The smallest absolute Gasteiger partial charge is 0.223 e. The van der Waals surface area contributed by atoms with E-state index in [9.17, 15) is 4.79 Å². The van der Waals surface area contributed by atoms with E-state index in [-0.39, 0.29) is 5.91 Å². The van der Waals surface area contributed by atoms with Gasteiger partial charge in [0, 0.05) is 42.8 Å². The summed E-state index contributed by atoms with van der Waals surface area (Å²) < 4.78 is 0. The minimum Gasteiger partial charge on any atom is -0.338 e. The Morgan fingerprint density at radius 2 is 2.04 bits per heavy atom. The van der Waals surface area contributed by atoms with E-state index in [1.165, 1.54) is 11.1 Å². The van der Waals surface area contributed by atoms with Crippen LogP contribution < -0.4 is 0 Å². The maximum absolute atomic E-state index is 12.5. The van der Waals surface area contributed by atoms with Crippen LogP contribution in [0.25, 0.3) is 10.6 Å². The number of amides is 1. The van der Waals surface area contributed by atoms with Crippen molar-refractivity contribution in [1.82, 2.24) is 14.9 Å². The minimum atomic E-state index is 0.213. The standard InChI is InChI=1S/C20H19N3OS/c24-19(23-11-9-15-4-1-2-5-17(15)13-23)8-7-18-14-25-20(22-18)16-6-3-10-21-12-16/h1-6,10,12,14H,7-9,11,13H2. The molecule has 1 aliphatic rings. The van der Waals surface area contributed by atoms with Gasteiger partial charge in [-0.25, -0.2) is 4.98 Å². The fourth-order valence-electron chi connectivity index (χ4n) is 3.15. The van der Waals surface area contributed by atoms with Gasteiger partial charge in [0.25, 0.3) is 0 Å². The molecule has 0 aliphatic carbocycles. The molecule has 0 saturated carbocycles. The molecule has 0 saturated heterocycles. The van der Waals surface area contributed by atoms with E-state index < -0.39 is 0 Å². The number of rotatable bonds is 4. The summed E-state index contributed by atoms with van der Waals surface area (Å²) in [5.74, 6) is 0.213. The topological polar surface area (TPSA) is 46.1 Å². The lowest BCUT2D eigenvalue weighted by Crippen LogP contribution is -2.36. The number of pyridine rings is 1. The molecule has 1 amide bonds. The largest absolute Gasteiger partial charge is 0.338 e. The molecule has 2 aromatic heterocycles. The number of carbonyl (C=O) groups excluding carboxylic acids is 1. The summed E-state index contributed by atoms with van der Waals surface area (Å²) in [4.78, 5) is 23.3. The van der Waals surface area contributed by atoms with E-state index in [4.69, 9.17) is 0 Å². The van der Waals surface area contributed by atoms with Crippen LogP contribution in [0.2, 0.25) is 0 Å². The number of carbonyl (C=O) groups is 1. The number of nitrogens with zero attached hydrogens (tertiary/aromatic N) is 3. The van der Waals surface area contributed by atoms with E-state index >= 15 is 0 Å². The van der Waals surface area contributed by atoms with Gasteiger partial charge in [0.1, 0.15) is 5.01 Å². The van der Waals surface area contributed by atoms with Crippen LogP contribution in [-0.4, -0.2) is 27.3 Å². The van der Waals surface area contributed by atoms with Crippen molar-refractivity contribution in [1.29, 1.82) is 0 Å². The highest BCUT2D eigenvalue weighted by molar-refractivity contribution is 7.13. The van der Waals surface area contributed by atoms with Crippen molar-refractivity contribution in [2.75, 3.05) is 6.54 Å². The number of hydrogen-bond acceptors (Lipinski definition) is 4. The Hall–Kier alpha value is -2.53. The van der Waals surface area contributed by atoms with Gasteiger partial charge in [-0.2, -0.15) is 0 Å². The van der Waals surface area contributed by atoms with Crippen LogP contribution in [-0.2, 0) is 24.2 Å². The molecular weight excluding hydrogens is 330 g/mol. The quantitative estimate of drug-likeness (QED) is 0.721. The fraction of sp³-hybridized carbons (Fsp3) is 0.250. The van der Waals surface area contributed by atoms with Crippen LogP contribution in [0.4, 0.5) is 0 Å². The molecule has 1 aliphatic heterocycles. The summed E-state index contributed by atoms with van der Waals surface area (Å²) >= 11 is 1.60. The van der Waals surface area contributed by atoms with Crippen molar-refractivity contribution in [2.45, 2.75) is 25.8 Å². The third-order valence-electron chi connectivity index (χ3n) is 4.54. The second kappa shape index (κ2) is 7.15. The van der Waals surface area contributed by atoms with Crippen LogP contribution in [0.1, 0.15) is 23.2 Å². The Bertz CT molecular complexity index is 875. The molecule has 4 nitrogen and oxygen atoms in total. The number of aryl methyl sites for hydroxylation is 1. The maximum Gasteiger partial charge on any atom is 0.223 e. The SMILES string of the molecule is O=C(CCc1csc(-c2cccnc2)n1)N1CCc2ccccc2C1. The lowest BCUT2D eigenvalue weighted by Gasteiger charge is -2.28. The van der Waals surface area contributed by atoms with Gasteiger partial charge in [-0.15, -0.1) is 11.3 Å². The molecule has 5 heteroatoms. The summed E-state index contributed by atoms with van der Waals surface area (Å²) in [5, 5.41) is 3.00. The summed E-state index contributed by atoms with van der Waals surface area (Å²) in [7, 11) is 0. The van der Waals surface area contributed by atoms with Crippen molar-refractivity contribution < 1.29 is 4.79 Å². The highest BCUT2D eigenvalue weighted by atomic mass is 32.1. The predicted molar refractivity (Wildman–Crippen MR) is 99.2 cm³/mol. The molecule has 0 radical (unpaired) electrons. The highest BCUT2D eigenvalue weighted by Crippen LogP contribution is 2.24. The monoisotopic (exact) mass is 349 g/mol. The molecule has 0 spiro atoms. The average Bonchev–Trinajstić information content (AvgIpc) is 3.15. The Morgan fingerprint density at radius 3 is 2.88 bits per heavy atom. The van der Waals surface area contributed by atoms with Gasteiger partial charge in [-0.1, -0.05) is 24.3 Å². The first-order chi connectivity index (χ1) is 12.3. The van der Waals surface area contributed by atoms with Crippen LogP contribution in [0, 0.1) is 0 Å². The zero-order valence-electron chi connectivity index (χ0n) is 13.9. The van der Waals surface area contributed by atoms with Gasteiger partial charge in [0.05, 0.1) is 5.69 Å². The molecule has 3 aromatic rings. The molecule has 0 atom stereocenters. The molecule has 0 bridgehead atoms. The molecular formula is C20H19N3OS. The Morgan fingerprint density at radius 1 is 1.16 bits per heavy atom. The Labute approximate surface area is 151 Å². The van der Waals surface area contributed by atoms with Gasteiger partial charge in [-0.3, -0.25) is 9.78 Å². The molecule has 126 valence electrons. The van der Waals surface area contributed by atoms with E-state index in [0.29, 0.717) is 12.8 Å². The first-order valence-corrected chi connectivity index (χ1v) is 9.37. The van der Waals surface area contributed by atoms with Crippen molar-refractivity contribution >= 4 is 17.2 Å². The van der Waals surface area contributed by atoms with E-state index in [1.807, 2.05) is 34.7 Å². The third kappa shape index (κ3) is 3.61. The first-order valence-electron chi connectivity index (χ1n) is 8.49. The first kappa shape index (κ1) is 16.0. The number of hydrogen-bond donors (Lipinski definition) is 0. The van der Waals surface area contributed by atoms with Gasteiger partial charge in [0.15, 0.2) is 0 Å². The van der Waals surface area contributed by atoms with Crippen molar-refractivity contribution in [3.8, 4) is 10.6 Å². The Kier molecular flexibility index (Phi) is 4.57. The highest BCUT2D eigenvalue weighted by Gasteiger charge is 2.20. The second-order valence-electron chi connectivity index (χ2n) is 6.22. The molecule has 0 fully saturated rings. The van der Waals surface area contributed by atoms with Crippen molar-refractivity contribution in [3.63, 3.8) is 0 Å². The van der Waals surface area contributed by atoms with Crippen LogP contribution >= 0.6 is 11.3 Å². The summed E-state index contributed by atoms with van der Waals surface area (Å²) in [6.45, 7) is 1.54. The molecule has 0 N–H and O–H groups in total. The number of thiazole rings is 1.